The van der Waals surface area contributed by atoms with Crippen molar-refractivity contribution in [1.82, 2.24) is 14.1 Å². The Morgan fingerprint density at radius 3 is 2.42 bits per heavy atom. The van der Waals surface area contributed by atoms with E-state index in [1.807, 2.05) is 0 Å². The van der Waals surface area contributed by atoms with E-state index in [2.05, 4.69) is 0 Å². The van der Waals surface area contributed by atoms with Gasteiger partial charge < -0.3 is 9.80 Å². The summed E-state index contributed by atoms with van der Waals surface area (Å²) in [6, 6.07) is 5.28. The SMILES string of the molecule is O=C(CCN1CCSC1=O)N1CCN(S(=O)(=O)c2ccccc2F)CC1. The molecular weight excluding hydrogens is 381 g/mol. The van der Waals surface area contributed by atoms with Crippen LogP contribution in [0.5, 0.6) is 0 Å². The van der Waals surface area contributed by atoms with Crippen molar-refractivity contribution in [2.45, 2.75) is 11.3 Å². The zero-order chi connectivity index (χ0) is 18.7. The second kappa shape index (κ2) is 7.93. The molecule has 2 aliphatic heterocycles. The van der Waals surface area contributed by atoms with E-state index >= 15 is 0 Å². The van der Waals surface area contributed by atoms with Crippen molar-refractivity contribution in [3.8, 4) is 0 Å². The van der Waals surface area contributed by atoms with E-state index < -0.39 is 15.8 Å². The molecule has 26 heavy (non-hydrogen) atoms. The first-order valence-corrected chi connectivity index (χ1v) is 10.8. The molecule has 1 aromatic carbocycles. The predicted octanol–water partition coefficient (Wildman–Crippen LogP) is 1.22. The van der Waals surface area contributed by atoms with E-state index in [0.29, 0.717) is 13.1 Å². The zero-order valence-electron chi connectivity index (χ0n) is 14.1. The van der Waals surface area contributed by atoms with Gasteiger partial charge in [-0.15, -0.1) is 0 Å². The van der Waals surface area contributed by atoms with E-state index in [1.165, 1.54) is 34.3 Å². The highest BCUT2D eigenvalue weighted by Gasteiger charge is 2.32. The Hall–Kier alpha value is -1.65. The molecule has 0 saturated carbocycles. The van der Waals surface area contributed by atoms with Crippen molar-refractivity contribution in [3.63, 3.8) is 0 Å². The van der Waals surface area contributed by atoms with Gasteiger partial charge in [0.2, 0.25) is 15.9 Å². The molecule has 2 aliphatic rings. The van der Waals surface area contributed by atoms with E-state index in [4.69, 9.17) is 0 Å². The minimum atomic E-state index is -3.91. The summed E-state index contributed by atoms with van der Waals surface area (Å²) in [7, 11) is -3.91. The van der Waals surface area contributed by atoms with Gasteiger partial charge in [-0.05, 0) is 12.1 Å². The fourth-order valence-corrected chi connectivity index (χ4v) is 5.33. The van der Waals surface area contributed by atoms with Crippen molar-refractivity contribution in [3.05, 3.63) is 30.1 Å². The first kappa shape index (κ1) is 19.1. The number of benzene rings is 1. The number of nitrogens with zero attached hydrogens (tertiary/aromatic N) is 3. The number of thioether (sulfide) groups is 1. The van der Waals surface area contributed by atoms with Crippen LogP contribution in [0.4, 0.5) is 9.18 Å². The maximum absolute atomic E-state index is 13.8. The van der Waals surface area contributed by atoms with Gasteiger partial charge in [0.25, 0.3) is 5.24 Å². The normalized spacial score (nSPS) is 19.2. The molecular formula is C16H20FN3O4S2. The molecule has 0 N–H and O–H groups in total. The molecule has 0 unspecified atom stereocenters. The number of halogens is 1. The van der Waals surface area contributed by atoms with Crippen LogP contribution in [0.25, 0.3) is 0 Å². The van der Waals surface area contributed by atoms with Gasteiger partial charge in [0.15, 0.2) is 0 Å². The van der Waals surface area contributed by atoms with Crippen LogP contribution in [0.2, 0.25) is 0 Å². The van der Waals surface area contributed by atoms with E-state index in [1.54, 1.807) is 9.80 Å². The molecule has 2 saturated heterocycles. The van der Waals surface area contributed by atoms with Crippen LogP contribution in [0.1, 0.15) is 6.42 Å². The Morgan fingerprint density at radius 2 is 1.81 bits per heavy atom. The van der Waals surface area contributed by atoms with Crippen LogP contribution < -0.4 is 0 Å². The monoisotopic (exact) mass is 401 g/mol. The van der Waals surface area contributed by atoms with Crippen LogP contribution in [-0.4, -0.2) is 78.7 Å². The molecule has 7 nitrogen and oxygen atoms in total. The van der Waals surface area contributed by atoms with Gasteiger partial charge in [-0.2, -0.15) is 4.31 Å². The van der Waals surface area contributed by atoms with E-state index in [9.17, 15) is 22.4 Å². The highest BCUT2D eigenvalue weighted by Crippen LogP contribution is 2.21. The number of carbonyl (C=O) groups is 2. The van der Waals surface area contributed by atoms with Crippen LogP contribution in [0.3, 0.4) is 0 Å². The lowest BCUT2D eigenvalue weighted by atomic mass is 10.3. The van der Waals surface area contributed by atoms with Crippen LogP contribution in [0.15, 0.2) is 29.2 Å². The molecule has 0 aromatic heterocycles. The maximum Gasteiger partial charge on any atom is 0.281 e. The third-order valence-corrected chi connectivity index (χ3v) is 7.31. The van der Waals surface area contributed by atoms with Gasteiger partial charge in [-0.1, -0.05) is 23.9 Å². The smallest absolute Gasteiger partial charge is 0.281 e. The maximum atomic E-state index is 13.8. The number of piperazine rings is 1. The lowest BCUT2D eigenvalue weighted by molar-refractivity contribution is -0.132. The summed E-state index contributed by atoms with van der Waals surface area (Å²) in [5.41, 5.74) is 0. The first-order chi connectivity index (χ1) is 12.4. The summed E-state index contributed by atoms with van der Waals surface area (Å²) in [6.45, 7) is 1.82. The van der Waals surface area contributed by atoms with Crippen molar-refractivity contribution in [1.29, 1.82) is 0 Å². The van der Waals surface area contributed by atoms with Crippen molar-refractivity contribution < 1.29 is 22.4 Å². The summed E-state index contributed by atoms with van der Waals surface area (Å²) < 4.78 is 40.1. The van der Waals surface area contributed by atoms with Gasteiger partial charge in [-0.25, -0.2) is 12.8 Å². The molecule has 142 valence electrons. The molecule has 0 aliphatic carbocycles. The topological polar surface area (TPSA) is 78.0 Å². The third kappa shape index (κ3) is 4.02. The average Bonchev–Trinajstić information content (AvgIpc) is 3.05. The summed E-state index contributed by atoms with van der Waals surface area (Å²) in [5, 5.41) is -0.00130. The zero-order valence-corrected chi connectivity index (χ0v) is 15.8. The third-order valence-electron chi connectivity index (χ3n) is 4.49. The number of amides is 2. The van der Waals surface area contributed by atoms with Crippen molar-refractivity contribution >= 4 is 32.9 Å². The Kier molecular flexibility index (Phi) is 5.83. The molecule has 1 aromatic rings. The Balaban J connectivity index is 1.54. The fourth-order valence-electron chi connectivity index (χ4n) is 2.99. The lowest BCUT2D eigenvalue weighted by Crippen LogP contribution is -2.51. The quantitative estimate of drug-likeness (QED) is 0.741. The largest absolute Gasteiger partial charge is 0.340 e. The Morgan fingerprint density at radius 1 is 1.12 bits per heavy atom. The fraction of sp³-hybridized carbons (Fsp3) is 0.500. The summed E-state index contributed by atoms with van der Waals surface area (Å²) in [4.78, 5) is 26.7. The number of hydrogen-bond donors (Lipinski definition) is 0. The number of rotatable bonds is 5. The molecule has 0 radical (unpaired) electrons. The van der Waals surface area contributed by atoms with Crippen LogP contribution in [-0.2, 0) is 14.8 Å². The van der Waals surface area contributed by atoms with E-state index in [-0.39, 0.29) is 48.6 Å². The summed E-state index contributed by atoms with van der Waals surface area (Å²) in [6.07, 6.45) is 0.229. The van der Waals surface area contributed by atoms with Crippen LogP contribution in [0, 0.1) is 5.82 Å². The van der Waals surface area contributed by atoms with Gasteiger partial charge in [0.1, 0.15) is 10.7 Å². The summed E-state index contributed by atoms with van der Waals surface area (Å²) in [5.74, 6) is -0.128. The molecule has 0 bridgehead atoms. The molecule has 2 heterocycles. The van der Waals surface area contributed by atoms with Crippen LogP contribution >= 0.6 is 11.8 Å². The molecule has 2 fully saturated rings. The van der Waals surface area contributed by atoms with Crippen molar-refractivity contribution in [2.24, 2.45) is 0 Å². The highest BCUT2D eigenvalue weighted by molar-refractivity contribution is 8.13. The first-order valence-electron chi connectivity index (χ1n) is 8.34. The van der Waals surface area contributed by atoms with Gasteiger partial charge in [0, 0.05) is 51.4 Å². The minimum Gasteiger partial charge on any atom is -0.340 e. The molecule has 0 spiro atoms. The number of hydrogen-bond acceptors (Lipinski definition) is 5. The second-order valence-corrected chi connectivity index (χ2v) is 9.02. The average molecular weight is 401 g/mol. The van der Waals surface area contributed by atoms with Gasteiger partial charge in [-0.3, -0.25) is 9.59 Å². The van der Waals surface area contributed by atoms with E-state index in [0.717, 1.165) is 11.8 Å². The lowest BCUT2D eigenvalue weighted by Gasteiger charge is -2.34. The standard InChI is InChI=1S/C16H20FN3O4S2/c17-13-3-1-2-4-14(13)26(23,24)20-9-7-18(8-10-20)15(21)5-6-19-11-12-25-16(19)22/h1-4H,5-12H2. The van der Waals surface area contributed by atoms with Gasteiger partial charge >= 0.3 is 0 Å². The van der Waals surface area contributed by atoms with Crippen molar-refractivity contribution in [2.75, 3.05) is 45.0 Å². The Bertz CT molecular complexity index is 794. The number of sulfonamides is 1. The predicted molar refractivity (Wildman–Crippen MR) is 95.8 cm³/mol. The highest BCUT2D eigenvalue weighted by atomic mass is 32.2. The molecule has 3 rings (SSSR count). The minimum absolute atomic E-state index is 0.00130. The molecule has 0 atom stereocenters. The summed E-state index contributed by atoms with van der Waals surface area (Å²) >= 11 is 1.25. The Labute approximate surface area is 156 Å². The number of carbonyl (C=O) groups excluding carboxylic acids is 2. The second-order valence-electron chi connectivity index (χ2n) is 6.07. The van der Waals surface area contributed by atoms with Gasteiger partial charge in [0.05, 0.1) is 0 Å². The molecule has 2 amide bonds. The molecule has 10 heteroatoms.